The minimum atomic E-state index is -4.35. The van der Waals surface area contributed by atoms with E-state index in [2.05, 4.69) is 0 Å². The monoisotopic (exact) mass is 211 g/mol. The van der Waals surface area contributed by atoms with Crippen LogP contribution in [0.4, 0.5) is 13.2 Å². The molecule has 0 bridgehead atoms. The van der Waals surface area contributed by atoms with Gasteiger partial charge >= 0.3 is 12.1 Å². The van der Waals surface area contributed by atoms with Crippen LogP contribution in [0, 0.1) is 5.92 Å². The van der Waals surface area contributed by atoms with Crippen molar-refractivity contribution in [1.29, 1.82) is 0 Å². The van der Waals surface area contributed by atoms with Gasteiger partial charge in [-0.15, -0.1) is 0 Å². The molecule has 6 heteroatoms. The minimum absolute atomic E-state index is 0.144. The molecule has 1 aliphatic carbocycles. The Morgan fingerprint density at radius 3 is 2.36 bits per heavy atom. The van der Waals surface area contributed by atoms with E-state index in [4.69, 9.17) is 5.11 Å². The van der Waals surface area contributed by atoms with E-state index in [1.165, 1.54) is 0 Å². The number of carboxylic acid groups (broad SMARTS) is 1. The van der Waals surface area contributed by atoms with Gasteiger partial charge in [0.25, 0.3) is 0 Å². The van der Waals surface area contributed by atoms with Crippen molar-refractivity contribution < 1.29 is 23.1 Å². The van der Waals surface area contributed by atoms with Crippen LogP contribution in [-0.2, 0) is 4.79 Å². The molecule has 0 aromatic carbocycles. The fraction of sp³-hybridized carbons (Fsp3) is 0.875. The normalized spacial score (nSPS) is 20.2. The van der Waals surface area contributed by atoms with Gasteiger partial charge in [-0.25, -0.2) is 0 Å². The number of aliphatic carboxylic acids is 1. The van der Waals surface area contributed by atoms with Gasteiger partial charge < -0.3 is 5.11 Å². The molecule has 1 unspecified atom stereocenters. The first-order valence-corrected chi connectivity index (χ1v) is 4.43. The lowest BCUT2D eigenvalue weighted by Crippen LogP contribution is -2.48. The quantitative estimate of drug-likeness (QED) is 0.738. The van der Waals surface area contributed by atoms with Crippen molar-refractivity contribution >= 4 is 5.97 Å². The summed E-state index contributed by atoms with van der Waals surface area (Å²) >= 11 is 0. The summed E-state index contributed by atoms with van der Waals surface area (Å²) < 4.78 is 35.4. The molecule has 1 saturated carbocycles. The summed E-state index contributed by atoms with van der Waals surface area (Å²) in [5, 5.41) is 10.7. The Labute approximate surface area is 79.3 Å². The number of rotatable bonds is 4. The van der Waals surface area contributed by atoms with E-state index in [9.17, 15) is 18.0 Å². The Hall–Kier alpha value is -0.780. The molecule has 0 amide bonds. The molecule has 0 saturated heterocycles. The zero-order valence-electron chi connectivity index (χ0n) is 7.47. The summed E-state index contributed by atoms with van der Waals surface area (Å²) in [6.45, 7) is -1.24. The highest BCUT2D eigenvalue weighted by Crippen LogP contribution is 2.30. The van der Waals surface area contributed by atoms with Crippen molar-refractivity contribution in [2.24, 2.45) is 5.92 Å². The molecule has 0 aromatic heterocycles. The Kier molecular flexibility index (Phi) is 3.36. The van der Waals surface area contributed by atoms with E-state index < -0.39 is 24.7 Å². The smallest absolute Gasteiger partial charge is 0.401 e. The average Bonchev–Trinajstić information content (AvgIpc) is 1.90. The van der Waals surface area contributed by atoms with Gasteiger partial charge in [0.15, 0.2) is 0 Å². The molecule has 2 N–H and O–H groups in total. The highest BCUT2D eigenvalue weighted by molar-refractivity contribution is 5.74. The van der Waals surface area contributed by atoms with Crippen molar-refractivity contribution in [3.63, 3.8) is 0 Å². The number of hydrogen-bond acceptors (Lipinski definition) is 2. The lowest BCUT2D eigenvalue weighted by atomic mass is 9.79. The number of alkyl halides is 3. The second kappa shape index (κ2) is 4.16. The molecule has 3 nitrogen and oxygen atoms in total. The Balaban J connectivity index is 2.39. The number of carbonyl (C=O) groups is 1. The summed E-state index contributed by atoms with van der Waals surface area (Å²) in [7, 11) is 0. The lowest BCUT2D eigenvalue weighted by Gasteiger charge is -2.31. The van der Waals surface area contributed by atoms with E-state index >= 15 is 0 Å². The van der Waals surface area contributed by atoms with Gasteiger partial charge in [0, 0.05) is 0 Å². The Bertz CT molecular complexity index is 213. The summed E-state index contributed by atoms with van der Waals surface area (Å²) in [6.07, 6.45) is -2.05. The fourth-order valence-corrected chi connectivity index (χ4v) is 1.45. The molecule has 82 valence electrons. The predicted molar refractivity (Wildman–Crippen MR) is 42.8 cm³/mol. The highest BCUT2D eigenvalue weighted by Gasteiger charge is 2.36. The van der Waals surface area contributed by atoms with E-state index in [0.29, 0.717) is 12.8 Å². The maximum Gasteiger partial charge on any atom is 0.401 e. The number of hydrogen-bond donors (Lipinski definition) is 2. The van der Waals surface area contributed by atoms with Gasteiger partial charge in [-0.2, -0.15) is 13.2 Å². The SMILES string of the molecule is O=C(O)C(NCC(F)(F)F)C1CCC1. The zero-order chi connectivity index (χ0) is 10.8. The molecule has 14 heavy (non-hydrogen) atoms. The third-order valence-electron chi connectivity index (χ3n) is 2.41. The molecule has 0 radical (unpaired) electrons. The van der Waals surface area contributed by atoms with Crippen molar-refractivity contribution in [3.8, 4) is 0 Å². The van der Waals surface area contributed by atoms with Crippen molar-refractivity contribution in [2.75, 3.05) is 6.54 Å². The first kappa shape index (κ1) is 11.3. The molecule has 1 fully saturated rings. The lowest BCUT2D eigenvalue weighted by molar-refractivity contribution is -0.146. The fourth-order valence-electron chi connectivity index (χ4n) is 1.45. The van der Waals surface area contributed by atoms with Crippen molar-refractivity contribution in [2.45, 2.75) is 31.5 Å². The highest BCUT2D eigenvalue weighted by atomic mass is 19.4. The van der Waals surface area contributed by atoms with Crippen LogP contribution in [0.15, 0.2) is 0 Å². The summed E-state index contributed by atoms with van der Waals surface area (Å²) in [5.74, 6) is -1.34. The molecule has 1 aliphatic rings. The summed E-state index contributed by atoms with van der Waals surface area (Å²) in [6, 6.07) is -1.05. The second-order valence-corrected chi connectivity index (χ2v) is 3.50. The van der Waals surface area contributed by atoms with Crippen LogP contribution < -0.4 is 5.32 Å². The number of nitrogens with one attached hydrogen (secondary N) is 1. The summed E-state index contributed by atoms with van der Waals surface area (Å²) in [5.41, 5.74) is 0. The topological polar surface area (TPSA) is 49.3 Å². The molecule has 0 aromatic rings. The van der Waals surface area contributed by atoms with E-state index in [1.807, 2.05) is 5.32 Å². The standard InChI is InChI=1S/C8H12F3NO2/c9-8(10,11)4-12-6(7(13)14)5-2-1-3-5/h5-6,12H,1-4H2,(H,13,14). The first-order chi connectivity index (χ1) is 6.40. The van der Waals surface area contributed by atoms with Crippen LogP contribution in [0.1, 0.15) is 19.3 Å². The van der Waals surface area contributed by atoms with E-state index in [0.717, 1.165) is 6.42 Å². The van der Waals surface area contributed by atoms with Gasteiger partial charge in [0.2, 0.25) is 0 Å². The zero-order valence-corrected chi connectivity index (χ0v) is 7.47. The molecule has 0 aliphatic heterocycles. The Morgan fingerprint density at radius 2 is 2.07 bits per heavy atom. The van der Waals surface area contributed by atoms with E-state index in [1.54, 1.807) is 0 Å². The number of halogens is 3. The molecule has 0 heterocycles. The van der Waals surface area contributed by atoms with Gasteiger partial charge in [-0.3, -0.25) is 10.1 Å². The van der Waals surface area contributed by atoms with Crippen molar-refractivity contribution in [1.82, 2.24) is 5.32 Å². The first-order valence-electron chi connectivity index (χ1n) is 4.43. The third-order valence-corrected chi connectivity index (χ3v) is 2.41. The number of carboxylic acids is 1. The molecular formula is C8H12F3NO2. The third kappa shape index (κ3) is 3.17. The van der Waals surface area contributed by atoms with Gasteiger partial charge in [-0.1, -0.05) is 6.42 Å². The average molecular weight is 211 g/mol. The maximum atomic E-state index is 11.8. The summed E-state index contributed by atoms with van der Waals surface area (Å²) in [4.78, 5) is 10.6. The molecule has 1 rings (SSSR count). The Morgan fingerprint density at radius 1 is 1.50 bits per heavy atom. The van der Waals surface area contributed by atoms with Crippen LogP contribution in [0.3, 0.4) is 0 Å². The van der Waals surface area contributed by atoms with Crippen LogP contribution >= 0.6 is 0 Å². The molecule has 0 spiro atoms. The molecule has 1 atom stereocenters. The van der Waals surface area contributed by atoms with Crippen molar-refractivity contribution in [3.05, 3.63) is 0 Å². The van der Waals surface area contributed by atoms with Crippen LogP contribution in [0.5, 0.6) is 0 Å². The van der Waals surface area contributed by atoms with Crippen LogP contribution in [-0.4, -0.2) is 29.8 Å². The second-order valence-electron chi connectivity index (χ2n) is 3.50. The van der Waals surface area contributed by atoms with Gasteiger partial charge in [-0.05, 0) is 18.8 Å². The maximum absolute atomic E-state index is 11.8. The largest absolute Gasteiger partial charge is 0.480 e. The van der Waals surface area contributed by atoms with Crippen LogP contribution in [0.25, 0.3) is 0 Å². The van der Waals surface area contributed by atoms with Gasteiger partial charge in [0.1, 0.15) is 6.04 Å². The predicted octanol–water partition coefficient (Wildman–Crippen LogP) is 1.39. The molecular weight excluding hydrogens is 199 g/mol. The van der Waals surface area contributed by atoms with Crippen LogP contribution in [0.2, 0.25) is 0 Å². The van der Waals surface area contributed by atoms with Gasteiger partial charge in [0.05, 0.1) is 6.54 Å². The van der Waals surface area contributed by atoms with E-state index in [-0.39, 0.29) is 5.92 Å². The minimum Gasteiger partial charge on any atom is -0.480 e.